The first-order chi connectivity index (χ1) is 10.1. The highest BCUT2D eigenvalue weighted by Gasteiger charge is 2.25. The number of nitrogens with zero attached hydrogens (tertiary/aromatic N) is 1. The van der Waals surface area contributed by atoms with Gasteiger partial charge in [0.2, 0.25) is 0 Å². The molecule has 0 bridgehead atoms. The van der Waals surface area contributed by atoms with Crippen molar-refractivity contribution < 1.29 is 14.3 Å². The Labute approximate surface area is 131 Å². The maximum absolute atomic E-state index is 12.3. The SMILES string of the molecule is O=C(c1coc(Br)c1)N1CCC(c2ccc(O)cc2)CC1. The van der Waals surface area contributed by atoms with Gasteiger partial charge in [-0.2, -0.15) is 0 Å². The van der Waals surface area contributed by atoms with E-state index in [2.05, 4.69) is 15.9 Å². The number of furan rings is 1. The molecule has 1 fully saturated rings. The highest BCUT2D eigenvalue weighted by atomic mass is 79.9. The molecule has 21 heavy (non-hydrogen) atoms. The lowest BCUT2D eigenvalue weighted by atomic mass is 9.89. The molecular formula is C16H16BrNO3. The standard InChI is InChI=1S/C16H16BrNO3/c17-15-9-13(10-21-15)16(20)18-7-5-12(6-8-18)11-1-3-14(19)4-2-11/h1-4,9-10,12,19H,5-8H2. The number of phenolic OH excluding ortho intramolecular Hbond substituents is 1. The molecule has 1 aliphatic heterocycles. The molecule has 1 aliphatic rings. The molecule has 3 rings (SSSR count). The second-order valence-corrected chi connectivity index (χ2v) is 6.08. The molecule has 4 nitrogen and oxygen atoms in total. The third-order valence-electron chi connectivity index (χ3n) is 3.96. The van der Waals surface area contributed by atoms with E-state index in [-0.39, 0.29) is 11.7 Å². The molecule has 0 unspecified atom stereocenters. The summed E-state index contributed by atoms with van der Waals surface area (Å²) in [4.78, 5) is 14.2. The number of aromatic hydroxyl groups is 1. The number of likely N-dealkylation sites (tertiary alicyclic amines) is 1. The molecule has 1 amide bonds. The van der Waals surface area contributed by atoms with E-state index in [1.807, 2.05) is 17.0 Å². The van der Waals surface area contributed by atoms with Crippen LogP contribution in [0.5, 0.6) is 5.75 Å². The highest BCUT2D eigenvalue weighted by Crippen LogP contribution is 2.29. The van der Waals surface area contributed by atoms with Crippen LogP contribution < -0.4 is 0 Å². The Balaban J connectivity index is 1.62. The second-order valence-electron chi connectivity index (χ2n) is 5.30. The monoisotopic (exact) mass is 349 g/mol. The van der Waals surface area contributed by atoms with Crippen LogP contribution in [0.25, 0.3) is 0 Å². The highest BCUT2D eigenvalue weighted by molar-refractivity contribution is 9.10. The lowest BCUT2D eigenvalue weighted by Crippen LogP contribution is -2.37. The molecule has 110 valence electrons. The predicted octanol–water partition coefficient (Wildman–Crippen LogP) is 3.77. The average molecular weight is 350 g/mol. The van der Waals surface area contributed by atoms with E-state index in [9.17, 15) is 9.90 Å². The van der Waals surface area contributed by atoms with E-state index in [4.69, 9.17) is 4.42 Å². The molecule has 5 heteroatoms. The summed E-state index contributed by atoms with van der Waals surface area (Å²) in [6, 6.07) is 9.06. The van der Waals surface area contributed by atoms with Crippen LogP contribution in [0.4, 0.5) is 0 Å². The van der Waals surface area contributed by atoms with Gasteiger partial charge in [0.1, 0.15) is 12.0 Å². The number of carbonyl (C=O) groups excluding carboxylic acids is 1. The van der Waals surface area contributed by atoms with Gasteiger partial charge in [0.25, 0.3) is 5.91 Å². The number of benzene rings is 1. The summed E-state index contributed by atoms with van der Waals surface area (Å²) in [6.45, 7) is 1.49. The fourth-order valence-electron chi connectivity index (χ4n) is 2.77. The summed E-state index contributed by atoms with van der Waals surface area (Å²) >= 11 is 3.21. The molecular weight excluding hydrogens is 334 g/mol. The van der Waals surface area contributed by atoms with Crippen molar-refractivity contribution in [3.05, 3.63) is 52.4 Å². The Morgan fingerprint density at radius 3 is 2.48 bits per heavy atom. The van der Waals surface area contributed by atoms with Gasteiger partial charge in [0.05, 0.1) is 5.56 Å². The number of halogens is 1. The number of carbonyl (C=O) groups is 1. The van der Waals surface area contributed by atoms with Gasteiger partial charge in [0, 0.05) is 19.2 Å². The van der Waals surface area contributed by atoms with Crippen LogP contribution in [0.15, 0.2) is 45.7 Å². The average Bonchev–Trinajstić information content (AvgIpc) is 2.94. The van der Waals surface area contributed by atoms with Gasteiger partial charge in [-0.1, -0.05) is 12.1 Å². The minimum absolute atomic E-state index is 0.0219. The Morgan fingerprint density at radius 1 is 1.24 bits per heavy atom. The first-order valence-electron chi connectivity index (χ1n) is 6.96. The van der Waals surface area contributed by atoms with E-state index in [0.717, 1.165) is 25.9 Å². The number of hydrogen-bond donors (Lipinski definition) is 1. The number of rotatable bonds is 2. The van der Waals surface area contributed by atoms with Crippen LogP contribution in [0.3, 0.4) is 0 Å². The Morgan fingerprint density at radius 2 is 1.90 bits per heavy atom. The lowest BCUT2D eigenvalue weighted by molar-refractivity contribution is 0.0712. The van der Waals surface area contributed by atoms with Gasteiger partial charge < -0.3 is 14.4 Å². The fourth-order valence-corrected chi connectivity index (χ4v) is 3.11. The van der Waals surface area contributed by atoms with Gasteiger partial charge in [0.15, 0.2) is 4.67 Å². The zero-order valence-corrected chi connectivity index (χ0v) is 13.0. The zero-order chi connectivity index (χ0) is 14.8. The summed E-state index contributed by atoms with van der Waals surface area (Å²) in [5.74, 6) is 0.760. The van der Waals surface area contributed by atoms with Crippen LogP contribution in [0.1, 0.15) is 34.7 Å². The van der Waals surface area contributed by atoms with Crippen molar-refractivity contribution in [2.45, 2.75) is 18.8 Å². The topological polar surface area (TPSA) is 53.7 Å². The van der Waals surface area contributed by atoms with Crippen molar-refractivity contribution in [2.75, 3.05) is 13.1 Å². The molecule has 1 saturated heterocycles. The Kier molecular flexibility index (Phi) is 4.01. The van der Waals surface area contributed by atoms with Gasteiger partial charge in [-0.15, -0.1) is 0 Å². The quantitative estimate of drug-likeness (QED) is 0.897. The summed E-state index contributed by atoms with van der Waals surface area (Å²) < 4.78 is 5.70. The van der Waals surface area contributed by atoms with Gasteiger partial charge in [-0.05, 0) is 52.4 Å². The first kappa shape index (κ1) is 14.2. The minimum Gasteiger partial charge on any atom is -0.508 e. The maximum Gasteiger partial charge on any atom is 0.257 e. The Bertz CT molecular complexity index is 627. The van der Waals surface area contributed by atoms with Crippen molar-refractivity contribution in [3.63, 3.8) is 0 Å². The van der Waals surface area contributed by atoms with E-state index >= 15 is 0 Å². The molecule has 0 radical (unpaired) electrons. The van der Waals surface area contributed by atoms with E-state index < -0.39 is 0 Å². The maximum atomic E-state index is 12.3. The van der Waals surface area contributed by atoms with Crippen molar-refractivity contribution in [3.8, 4) is 5.75 Å². The third kappa shape index (κ3) is 3.13. The summed E-state index contributed by atoms with van der Waals surface area (Å²) in [7, 11) is 0. The van der Waals surface area contributed by atoms with Crippen LogP contribution in [0.2, 0.25) is 0 Å². The second kappa shape index (κ2) is 5.93. The van der Waals surface area contributed by atoms with Gasteiger partial charge in [-0.25, -0.2) is 0 Å². The van der Waals surface area contributed by atoms with Crippen molar-refractivity contribution in [2.24, 2.45) is 0 Å². The van der Waals surface area contributed by atoms with Crippen molar-refractivity contribution in [1.29, 1.82) is 0 Å². The van der Waals surface area contributed by atoms with Crippen LogP contribution >= 0.6 is 15.9 Å². The number of amides is 1. The number of piperidine rings is 1. The molecule has 0 spiro atoms. The first-order valence-corrected chi connectivity index (χ1v) is 7.75. The van der Waals surface area contributed by atoms with E-state index in [0.29, 0.717) is 16.2 Å². The third-order valence-corrected chi connectivity index (χ3v) is 4.38. The normalized spacial score (nSPS) is 16.1. The minimum atomic E-state index is 0.0219. The zero-order valence-electron chi connectivity index (χ0n) is 11.5. The van der Waals surface area contributed by atoms with Crippen LogP contribution in [0, 0.1) is 0 Å². The Hall–Kier alpha value is -1.75. The molecule has 2 heterocycles. The fraction of sp³-hybridized carbons (Fsp3) is 0.312. The largest absolute Gasteiger partial charge is 0.508 e. The van der Waals surface area contributed by atoms with Gasteiger partial charge in [-0.3, -0.25) is 4.79 Å². The smallest absolute Gasteiger partial charge is 0.257 e. The lowest BCUT2D eigenvalue weighted by Gasteiger charge is -2.32. The molecule has 0 atom stereocenters. The van der Waals surface area contributed by atoms with E-state index in [1.54, 1.807) is 18.2 Å². The molecule has 1 aromatic carbocycles. The van der Waals surface area contributed by atoms with E-state index in [1.165, 1.54) is 11.8 Å². The molecule has 1 aromatic heterocycles. The summed E-state index contributed by atoms with van der Waals surface area (Å²) in [5, 5.41) is 9.33. The van der Waals surface area contributed by atoms with Crippen molar-refractivity contribution >= 4 is 21.8 Å². The molecule has 0 saturated carbocycles. The van der Waals surface area contributed by atoms with Crippen molar-refractivity contribution in [1.82, 2.24) is 4.90 Å². The van der Waals surface area contributed by atoms with Crippen LogP contribution in [-0.4, -0.2) is 29.0 Å². The number of phenols is 1. The molecule has 0 aliphatic carbocycles. The molecule has 1 N–H and O–H groups in total. The van der Waals surface area contributed by atoms with Gasteiger partial charge >= 0.3 is 0 Å². The molecule has 2 aromatic rings. The number of hydrogen-bond acceptors (Lipinski definition) is 3. The van der Waals surface area contributed by atoms with Crippen LogP contribution in [-0.2, 0) is 0 Å². The summed E-state index contributed by atoms with van der Waals surface area (Å²) in [5.41, 5.74) is 1.82. The summed E-state index contributed by atoms with van der Waals surface area (Å²) in [6.07, 6.45) is 3.36. The predicted molar refractivity (Wildman–Crippen MR) is 82.4 cm³/mol.